The molecular weight excluding hydrogens is 973 g/mol. The Morgan fingerprint density at radius 3 is 1.16 bits per heavy atom. The van der Waals surface area contributed by atoms with E-state index in [9.17, 15) is 53.4 Å². The highest BCUT2D eigenvalue weighted by Crippen LogP contribution is 2.28. The van der Waals surface area contributed by atoms with Gasteiger partial charge in [0.2, 0.25) is 5.91 Å². The van der Waals surface area contributed by atoms with Crippen molar-refractivity contribution in [3.63, 3.8) is 0 Å². The number of nitrogens with two attached hydrogens (primary N) is 1. The van der Waals surface area contributed by atoms with E-state index in [-0.39, 0.29) is 48.1 Å². The highest BCUT2D eigenvalue weighted by molar-refractivity contribution is 5.99. The van der Waals surface area contributed by atoms with Crippen LogP contribution in [0.4, 0.5) is 17.6 Å². The lowest BCUT2D eigenvalue weighted by Crippen LogP contribution is -2.39. The standard InChI is InChI=1S/C53H52F4N6O11/c1-27-44(48(67)61(5)52(73)59(27)3)33-11-7-29(8-12-33)17-35(50(69)70)23-41(64)46-37(54)19-31(20-38(46)55)25-63(43(66)15-16-58)26-32-21-39(56)47(40(57)22-32)42(65)24-36(51(71)72)18-30-9-13-34(14-10-30)45-28(2)60(4)53(74)62(6)49(45)68/h7-14,19-22,35-36H,15-18,23-26,58H2,1-6H3,(H,69,70)(H,71,72)/t35-,36-/m1/s1. The molecule has 0 unspecified atom stereocenters. The van der Waals surface area contributed by atoms with Gasteiger partial charge < -0.3 is 30.0 Å². The van der Waals surface area contributed by atoms with Crippen LogP contribution in [0.3, 0.4) is 0 Å². The van der Waals surface area contributed by atoms with Crippen molar-refractivity contribution >= 4 is 29.4 Å². The number of carbonyl (C=O) groups excluding carboxylic acids is 3. The topological polar surface area (TPSA) is 243 Å². The molecule has 2 aromatic heterocycles. The van der Waals surface area contributed by atoms with E-state index in [1.165, 1.54) is 61.6 Å². The summed E-state index contributed by atoms with van der Waals surface area (Å²) in [5, 5.41) is 20.0. The molecule has 1 amide bonds. The highest BCUT2D eigenvalue weighted by Gasteiger charge is 2.30. The first kappa shape index (κ1) is 55.0. The van der Waals surface area contributed by atoms with Crippen molar-refractivity contribution in [2.45, 2.75) is 59.0 Å². The molecule has 6 aromatic rings. The molecule has 0 saturated carbocycles. The van der Waals surface area contributed by atoms with Crippen molar-refractivity contribution in [1.29, 1.82) is 0 Å². The van der Waals surface area contributed by atoms with Crippen molar-refractivity contribution in [1.82, 2.24) is 23.2 Å². The molecule has 6 rings (SSSR count). The van der Waals surface area contributed by atoms with E-state index in [1.54, 1.807) is 38.1 Å². The van der Waals surface area contributed by atoms with Crippen LogP contribution in [0, 0.1) is 49.0 Å². The number of aliphatic carboxylic acids is 2. The molecule has 0 aliphatic carbocycles. The zero-order valence-corrected chi connectivity index (χ0v) is 41.1. The number of carbonyl (C=O) groups is 5. The lowest BCUT2D eigenvalue weighted by Gasteiger charge is -2.24. The van der Waals surface area contributed by atoms with E-state index in [1.807, 2.05) is 0 Å². The zero-order chi connectivity index (χ0) is 54.6. The van der Waals surface area contributed by atoms with Gasteiger partial charge in [-0.05, 0) is 84.3 Å². The van der Waals surface area contributed by atoms with Gasteiger partial charge in [0.25, 0.3) is 11.1 Å². The number of halogens is 4. The molecule has 17 nitrogen and oxygen atoms in total. The van der Waals surface area contributed by atoms with E-state index in [0.717, 1.165) is 38.3 Å². The maximum absolute atomic E-state index is 15.7. The quantitative estimate of drug-likeness (QED) is 0.0684. The van der Waals surface area contributed by atoms with Crippen LogP contribution in [0.1, 0.15) is 73.6 Å². The van der Waals surface area contributed by atoms with E-state index in [2.05, 4.69) is 0 Å². The Morgan fingerprint density at radius 2 is 0.865 bits per heavy atom. The molecular formula is C53H52F4N6O11. The molecule has 0 radical (unpaired) electrons. The van der Waals surface area contributed by atoms with Crippen LogP contribution in [0.15, 0.2) is 92.0 Å². The summed E-state index contributed by atoms with van der Waals surface area (Å²) in [5.41, 5.74) is 4.00. The highest BCUT2D eigenvalue weighted by atomic mass is 19.1. The second kappa shape index (κ2) is 22.6. The largest absolute Gasteiger partial charge is 0.481 e. The Bertz CT molecular complexity index is 3220. The fraction of sp³-hybridized carbons (Fsp3) is 0.302. The maximum atomic E-state index is 15.7. The van der Waals surface area contributed by atoms with Gasteiger partial charge in [-0.2, -0.15) is 0 Å². The van der Waals surface area contributed by atoms with Crippen LogP contribution in [-0.2, 0) is 68.5 Å². The predicted molar refractivity (Wildman–Crippen MR) is 262 cm³/mol. The number of Topliss-reactive ketones (excluding diaryl/α,β-unsaturated/α-hetero) is 2. The summed E-state index contributed by atoms with van der Waals surface area (Å²) in [6.07, 6.45) is -2.44. The molecule has 0 aliphatic rings. The van der Waals surface area contributed by atoms with Gasteiger partial charge in [0.15, 0.2) is 11.6 Å². The molecule has 4 aromatic carbocycles. The van der Waals surface area contributed by atoms with Gasteiger partial charge in [0.05, 0.1) is 34.1 Å². The van der Waals surface area contributed by atoms with Gasteiger partial charge >= 0.3 is 23.3 Å². The summed E-state index contributed by atoms with van der Waals surface area (Å²) >= 11 is 0. The molecule has 2 heterocycles. The Hall–Kier alpha value is -8.33. The summed E-state index contributed by atoms with van der Waals surface area (Å²) in [6, 6.07) is 15.3. The number of ketones is 2. The summed E-state index contributed by atoms with van der Waals surface area (Å²) < 4.78 is 67.2. The normalized spacial score (nSPS) is 12.1. The van der Waals surface area contributed by atoms with E-state index in [0.29, 0.717) is 33.6 Å². The Labute approximate surface area is 419 Å². The number of hydrogen-bond acceptors (Lipinski definition) is 10. The van der Waals surface area contributed by atoms with Crippen LogP contribution in [0.5, 0.6) is 0 Å². The van der Waals surface area contributed by atoms with Crippen molar-refractivity contribution in [2.75, 3.05) is 6.54 Å². The minimum absolute atomic E-state index is 0.186. The van der Waals surface area contributed by atoms with Crippen LogP contribution >= 0.6 is 0 Å². The minimum atomic E-state index is -1.45. The summed E-state index contributed by atoms with van der Waals surface area (Å²) in [7, 11) is 5.68. The SMILES string of the molecule is Cc1c(-c2ccc(C[C@H](CC(=O)c3c(F)cc(CN(Cc4cc(F)c(C(=O)C[C@@H](Cc5ccc(-c6c(C)n(C)c(=O)n(C)c6=O)cc5)C(=O)O)c(F)c4)C(=O)CCN)cc3F)C(=O)O)cc2)c(=O)n(C)c(=O)n1C. The van der Waals surface area contributed by atoms with Crippen LogP contribution in [-0.4, -0.2) is 69.3 Å². The van der Waals surface area contributed by atoms with Crippen LogP contribution < -0.4 is 28.2 Å². The molecule has 0 spiro atoms. The number of nitrogens with zero attached hydrogens (tertiary/aromatic N) is 5. The molecule has 2 atom stereocenters. The third-order valence-corrected chi connectivity index (χ3v) is 13.1. The first-order valence-electron chi connectivity index (χ1n) is 23.0. The number of rotatable bonds is 20. The average molecular weight is 1030 g/mol. The number of benzene rings is 4. The number of hydrogen-bond donors (Lipinski definition) is 3. The van der Waals surface area contributed by atoms with Crippen molar-refractivity contribution in [2.24, 2.45) is 45.8 Å². The minimum Gasteiger partial charge on any atom is -0.481 e. The number of aromatic nitrogens is 4. The Kier molecular flexibility index (Phi) is 16.8. The molecule has 0 saturated heterocycles. The molecule has 0 bridgehead atoms. The number of carboxylic acid groups (broad SMARTS) is 2. The van der Waals surface area contributed by atoms with Gasteiger partial charge in [-0.25, -0.2) is 27.2 Å². The molecule has 21 heteroatoms. The van der Waals surface area contributed by atoms with Gasteiger partial charge in [-0.3, -0.25) is 42.7 Å². The summed E-state index contributed by atoms with van der Waals surface area (Å²) in [4.78, 5) is 116. The first-order chi connectivity index (χ1) is 34.8. The monoisotopic (exact) mass is 1020 g/mol. The van der Waals surface area contributed by atoms with Crippen molar-refractivity contribution in [3.05, 3.63) is 183 Å². The average Bonchev–Trinajstić information content (AvgIpc) is 3.34. The van der Waals surface area contributed by atoms with Crippen LogP contribution in [0.2, 0.25) is 0 Å². The summed E-state index contributed by atoms with van der Waals surface area (Å²) in [5.74, 6) is -14.3. The second-order valence-electron chi connectivity index (χ2n) is 18.1. The molecule has 388 valence electrons. The lowest BCUT2D eigenvalue weighted by molar-refractivity contribution is -0.142. The third-order valence-electron chi connectivity index (χ3n) is 13.1. The van der Waals surface area contributed by atoms with Gasteiger partial charge in [0.1, 0.15) is 23.3 Å². The Balaban J connectivity index is 1.14. The van der Waals surface area contributed by atoms with E-state index in [4.69, 9.17) is 5.73 Å². The second-order valence-corrected chi connectivity index (χ2v) is 18.1. The van der Waals surface area contributed by atoms with Crippen molar-refractivity contribution < 1.29 is 51.7 Å². The number of carboxylic acids is 2. The fourth-order valence-electron chi connectivity index (χ4n) is 8.81. The first-order valence-corrected chi connectivity index (χ1v) is 23.0. The maximum Gasteiger partial charge on any atom is 0.330 e. The lowest BCUT2D eigenvalue weighted by atomic mass is 9.90. The van der Waals surface area contributed by atoms with Gasteiger partial charge in [0, 0.05) is 78.5 Å². The van der Waals surface area contributed by atoms with Gasteiger partial charge in [-0.1, -0.05) is 48.5 Å². The molecule has 4 N–H and O–H groups in total. The molecule has 0 aliphatic heterocycles. The van der Waals surface area contributed by atoms with Crippen molar-refractivity contribution in [3.8, 4) is 22.3 Å². The predicted octanol–water partition coefficient (Wildman–Crippen LogP) is 4.90. The third kappa shape index (κ3) is 11.6. The zero-order valence-electron chi connectivity index (χ0n) is 41.1. The molecule has 74 heavy (non-hydrogen) atoms. The smallest absolute Gasteiger partial charge is 0.330 e. The van der Waals surface area contributed by atoms with Crippen LogP contribution in [0.25, 0.3) is 22.3 Å². The van der Waals surface area contributed by atoms with Gasteiger partial charge in [-0.15, -0.1) is 0 Å². The van der Waals surface area contributed by atoms with E-state index >= 15 is 17.6 Å². The fourth-order valence-corrected chi connectivity index (χ4v) is 8.81. The van der Waals surface area contributed by atoms with E-state index < -0.39 is 124 Å². The Morgan fingerprint density at radius 1 is 0.541 bits per heavy atom. The molecule has 0 fully saturated rings. The summed E-state index contributed by atoms with van der Waals surface area (Å²) in [6.45, 7) is 1.88. The number of amides is 1.